The minimum Gasteiger partial charge on any atom is -0.496 e. The van der Waals surface area contributed by atoms with Crippen LogP contribution in [0.3, 0.4) is 0 Å². The Kier molecular flexibility index (Phi) is 3.91. The molecule has 5 heteroatoms. The molecule has 1 atom stereocenters. The molecule has 0 aromatic carbocycles. The van der Waals surface area contributed by atoms with Crippen molar-refractivity contribution in [1.29, 1.82) is 0 Å². The van der Waals surface area contributed by atoms with Crippen LogP contribution in [-0.4, -0.2) is 23.2 Å². The predicted molar refractivity (Wildman–Crippen MR) is 56.5 cm³/mol. The van der Waals surface area contributed by atoms with Crippen LogP contribution in [0.5, 0.6) is 5.75 Å². The van der Waals surface area contributed by atoms with Crippen molar-refractivity contribution in [2.75, 3.05) is 7.11 Å². The summed E-state index contributed by atoms with van der Waals surface area (Å²) in [7, 11) is 1.52. The number of hydrogen-bond donors (Lipinski definition) is 1. The van der Waals surface area contributed by atoms with Gasteiger partial charge in [0.1, 0.15) is 10.9 Å². The Balaban J connectivity index is 3.05. The van der Waals surface area contributed by atoms with Crippen LogP contribution in [0.15, 0.2) is 12.3 Å². The molecule has 4 nitrogen and oxygen atoms in total. The van der Waals surface area contributed by atoms with E-state index in [1.807, 2.05) is 0 Å². The van der Waals surface area contributed by atoms with Crippen molar-refractivity contribution in [2.45, 2.75) is 19.3 Å². The molecule has 1 aromatic rings. The molecule has 0 aliphatic rings. The highest BCUT2D eigenvalue weighted by Crippen LogP contribution is 2.33. The number of carboxylic acids is 1. The van der Waals surface area contributed by atoms with Gasteiger partial charge in [-0.25, -0.2) is 4.98 Å². The van der Waals surface area contributed by atoms with Crippen LogP contribution in [0.4, 0.5) is 0 Å². The van der Waals surface area contributed by atoms with Crippen molar-refractivity contribution in [3.8, 4) is 5.75 Å². The van der Waals surface area contributed by atoms with E-state index in [0.29, 0.717) is 16.5 Å². The summed E-state index contributed by atoms with van der Waals surface area (Å²) in [6, 6.07) is 1.67. The van der Waals surface area contributed by atoms with Crippen molar-refractivity contribution >= 4 is 17.6 Å². The van der Waals surface area contributed by atoms with Crippen LogP contribution in [0.1, 0.15) is 24.8 Å². The third-order valence-electron chi connectivity index (χ3n) is 2.10. The largest absolute Gasteiger partial charge is 0.496 e. The average molecular weight is 230 g/mol. The second-order valence-corrected chi connectivity index (χ2v) is 3.57. The molecule has 1 heterocycles. The first kappa shape index (κ1) is 11.8. The number of carboxylic acid groups (broad SMARTS) is 1. The summed E-state index contributed by atoms with van der Waals surface area (Å²) in [5, 5.41) is 8.99. The van der Waals surface area contributed by atoms with E-state index in [9.17, 15) is 4.79 Å². The summed E-state index contributed by atoms with van der Waals surface area (Å²) >= 11 is 5.90. The summed E-state index contributed by atoms with van der Waals surface area (Å²) in [6.07, 6.45) is 1.53. The minimum atomic E-state index is -0.871. The molecule has 1 aromatic heterocycles. The quantitative estimate of drug-likeness (QED) is 0.805. The lowest BCUT2D eigenvalue weighted by molar-refractivity contribution is -0.137. The lowest BCUT2D eigenvalue weighted by Gasteiger charge is -2.14. The molecule has 0 saturated carbocycles. The highest BCUT2D eigenvalue weighted by atomic mass is 35.5. The van der Waals surface area contributed by atoms with Crippen LogP contribution in [-0.2, 0) is 4.79 Å². The Hall–Kier alpha value is -1.29. The van der Waals surface area contributed by atoms with Crippen molar-refractivity contribution < 1.29 is 14.6 Å². The number of aromatic nitrogens is 1. The van der Waals surface area contributed by atoms with Gasteiger partial charge in [-0.2, -0.15) is 0 Å². The summed E-state index contributed by atoms with van der Waals surface area (Å²) < 4.78 is 5.11. The van der Waals surface area contributed by atoms with Gasteiger partial charge in [0, 0.05) is 11.8 Å². The molecule has 0 spiro atoms. The highest BCUT2D eigenvalue weighted by molar-refractivity contribution is 6.30. The first-order chi connectivity index (χ1) is 7.06. The first-order valence-corrected chi connectivity index (χ1v) is 4.84. The van der Waals surface area contributed by atoms with Gasteiger partial charge in [0.05, 0.1) is 13.5 Å². The molecule has 0 fully saturated rings. The molecule has 0 amide bonds. The number of aliphatic carboxylic acids is 1. The molecule has 1 unspecified atom stereocenters. The zero-order chi connectivity index (χ0) is 11.4. The minimum absolute atomic E-state index is 0.00176. The number of carbonyl (C=O) groups is 1. The van der Waals surface area contributed by atoms with E-state index >= 15 is 0 Å². The second kappa shape index (κ2) is 4.98. The molecule has 1 rings (SSSR count). The maximum Gasteiger partial charge on any atom is 0.303 e. The van der Waals surface area contributed by atoms with Crippen LogP contribution in [0.25, 0.3) is 0 Å². The number of nitrogens with zero attached hydrogens (tertiary/aromatic N) is 1. The van der Waals surface area contributed by atoms with E-state index in [-0.39, 0.29) is 12.3 Å². The van der Waals surface area contributed by atoms with Gasteiger partial charge >= 0.3 is 5.97 Å². The molecule has 0 bridgehead atoms. The van der Waals surface area contributed by atoms with E-state index in [2.05, 4.69) is 4.98 Å². The summed E-state index contributed by atoms with van der Waals surface area (Å²) in [6.45, 7) is 1.78. The number of methoxy groups -OCH3 is 1. The third kappa shape index (κ3) is 2.83. The van der Waals surface area contributed by atoms with E-state index in [1.165, 1.54) is 13.3 Å². The zero-order valence-corrected chi connectivity index (χ0v) is 9.28. The van der Waals surface area contributed by atoms with Crippen LogP contribution >= 0.6 is 11.6 Å². The standard InChI is InChI=1S/C10H12ClNO3/c1-6(5-8(13)14)9-7(15-2)3-4-12-10(9)11/h3-4,6H,5H2,1-2H3,(H,13,14). The fourth-order valence-corrected chi connectivity index (χ4v) is 1.76. The van der Waals surface area contributed by atoms with E-state index < -0.39 is 5.97 Å². The van der Waals surface area contributed by atoms with Gasteiger partial charge in [-0.3, -0.25) is 4.79 Å². The van der Waals surface area contributed by atoms with Gasteiger partial charge in [0.15, 0.2) is 0 Å². The van der Waals surface area contributed by atoms with Crippen LogP contribution in [0.2, 0.25) is 5.15 Å². The van der Waals surface area contributed by atoms with Crippen molar-refractivity contribution in [3.63, 3.8) is 0 Å². The van der Waals surface area contributed by atoms with Gasteiger partial charge in [0.25, 0.3) is 0 Å². The Bertz CT molecular complexity index is 368. The lowest BCUT2D eigenvalue weighted by atomic mass is 9.99. The number of rotatable bonds is 4. The molecule has 15 heavy (non-hydrogen) atoms. The normalized spacial score (nSPS) is 12.2. The zero-order valence-electron chi connectivity index (χ0n) is 8.53. The van der Waals surface area contributed by atoms with Gasteiger partial charge in [-0.1, -0.05) is 18.5 Å². The van der Waals surface area contributed by atoms with E-state index in [4.69, 9.17) is 21.4 Å². The SMILES string of the molecule is COc1ccnc(Cl)c1C(C)CC(=O)O. The maximum atomic E-state index is 10.6. The molecule has 0 aliphatic heterocycles. The summed E-state index contributed by atoms with van der Waals surface area (Å²) in [5.41, 5.74) is 0.643. The Morgan fingerprint density at radius 2 is 2.40 bits per heavy atom. The molecule has 0 aliphatic carbocycles. The fraction of sp³-hybridized carbons (Fsp3) is 0.400. The number of pyridine rings is 1. The third-order valence-corrected chi connectivity index (χ3v) is 2.40. The van der Waals surface area contributed by atoms with E-state index in [1.54, 1.807) is 13.0 Å². The molecular weight excluding hydrogens is 218 g/mol. The summed E-state index contributed by atoms with van der Waals surface area (Å²) in [5.74, 6) is -0.521. The monoisotopic (exact) mass is 229 g/mol. The van der Waals surface area contributed by atoms with Crippen molar-refractivity contribution in [1.82, 2.24) is 4.98 Å². The van der Waals surface area contributed by atoms with Gasteiger partial charge in [-0.15, -0.1) is 0 Å². The van der Waals surface area contributed by atoms with Crippen LogP contribution in [0, 0.1) is 0 Å². The van der Waals surface area contributed by atoms with Crippen molar-refractivity contribution in [3.05, 3.63) is 23.0 Å². The Labute approximate surface area is 92.8 Å². The summed E-state index contributed by atoms with van der Waals surface area (Å²) in [4.78, 5) is 14.5. The molecule has 82 valence electrons. The first-order valence-electron chi connectivity index (χ1n) is 4.46. The maximum absolute atomic E-state index is 10.6. The van der Waals surface area contributed by atoms with Gasteiger partial charge in [0.2, 0.25) is 0 Å². The van der Waals surface area contributed by atoms with Crippen LogP contribution < -0.4 is 4.74 Å². The number of ether oxygens (including phenoxy) is 1. The molecule has 1 N–H and O–H groups in total. The second-order valence-electron chi connectivity index (χ2n) is 3.22. The molecule has 0 saturated heterocycles. The predicted octanol–water partition coefficient (Wildman–Crippen LogP) is 2.32. The fourth-order valence-electron chi connectivity index (χ4n) is 1.42. The Morgan fingerprint density at radius 1 is 1.73 bits per heavy atom. The molecule has 0 radical (unpaired) electrons. The molecular formula is C10H12ClNO3. The Morgan fingerprint density at radius 3 is 2.93 bits per heavy atom. The van der Waals surface area contributed by atoms with E-state index in [0.717, 1.165) is 0 Å². The highest BCUT2D eigenvalue weighted by Gasteiger charge is 2.18. The average Bonchev–Trinajstić information content (AvgIpc) is 2.15. The lowest BCUT2D eigenvalue weighted by Crippen LogP contribution is -2.05. The number of halogens is 1. The van der Waals surface area contributed by atoms with Crippen molar-refractivity contribution in [2.24, 2.45) is 0 Å². The number of hydrogen-bond acceptors (Lipinski definition) is 3. The smallest absolute Gasteiger partial charge is 0.303 e. The van der Waals surface area contributed by atoms with Gasteiger partial charge < -0.3 is 9.84 Å². The van der Waals surface area contributed by atoms with Gasteiger partial charge in [-0.05, 0) is 12.0 Å². The topological polar surface area (TPSA) is 59.4 Å².